The number of aryl methyl sites for hydroxylation is 3. The maximum Gasteiger partial charge on any atom is 0.216 e. The SMILES string of the molecule is [C-]#[N+]c1ccc(-c2ccc3ccccc3c2)c2oc3c(-c4ccc(C)c[n+]4C)c(C)ccc3c12. The summed E-state index contributed by atoms with van der Waals surface area (Å²) >= 11 is 0. The number of rotatable bonds is 2. The van der Waals surface area contributed by atoms with E-state index in [9.17, 15) is 0 Å². The number of hydrogen-bond acceptors (Lipinski definition) is 1. The van der Waals surface area contributed by atoms with Gasteiger partial charge >= 0.3 is 0 Å². The zero-order valence-electron chi connectivity index (χ0n) is 19.4. The third-order valence-corrected chi connectivity index (χ3v) is 6.69. The van der Waals surface area contributed by atoms with Crippen LogP contribution in [0.4, 0.5) is 5.69 Å². The molecule has 0 aliphatic rings. The van der Waals surface area contributed by atoms with Crippen LogP contribution in [0.15, 0.2) is 89.5 Å². The maximum absolute atomic E-state index is 7.82. The van der Waals surface area contributed by atoms with Gasteiger partial charge in [0.25, 0.3) is 0 Å². The molecule has 0 fully saturated rings. The van der Waals surface area contributed by atoms with Crippen LogP contribution in [0.1, 0.15) is 11.1 Å². The normalized spacial score (nSPS) is 11.4. The lowest BCUT2D eigenvalue weighted by Crippen LogP contribution is -2.31. The summed E-state index contributed by atoms with van der Waals surface area (Å²) in [5, 5.41) is 4.24. The summed E-state index contributed by atoms with van der Waals surface area (Å²) in [6, 6.07) is 27.2. The predicted octanol–water partition coefficient (Wildman–Crippen LogP) is 8.07. The molecule has 0 aliphatic carbocycles. The average molecular weight is 440 g/mol. The van der Waals surface area contributed by atoms with E-state index in [1.165, 1.54) is 16.3 Å². The van der Waals surface area contributed by atoms with Gasteiger partial charge in [0.1, 0.15) is 18.2 Å². The van der Waals surface area contributed by atoms with E-state index in [2.05, 4.69) is 103 Å². The third-order valence-electron chi connectivity index (χ3n) is 6.69. The molecule has 3 nitrogen and oxygen atoms in total. The van der Waals surface area contributed by atoms with Crippen molar-refractivity contribution < 1.29 is 8.98 Å². The van der Waals surface area contributed by atoms with Crippen LogP contribution in [0.3, 0.4) is 0 Å². The molecule has 2 aromatic heterocycles. The highest BCUT2D eigenvalue weighted by atomic mass is 16.3. The highest BCUT2D eigenvalue weighted by molar-refractivity contribution is 6.18. The predicted molar refractivity (Wildman–Crippen MR) is 139 cm³/mol. The number of aromatic nitrogens is 1. The van der Waals surface area contributed by atoms with E-state index in [1.807, 2.05) is 12.1 Å². The van der Waals surface area contributed by atoms with Gasteiger partial charge in [0.2, 0.25) is 5.69 Å². The number of hydrogen-bond donors (Lipinski definition) is 0. The molecule has 0 spiro atoms. The highest BCUT2D eigenvalue weighted by Crippen LogP contribution is 2.44. The van der Waals surface area contributed by atoms with Crippen LogP contribution >= 0.6 is 0 Å². The van der Waals surface area contributed by atoms with Crippen molar-refractivity contribution in [2.45, 2.75) is 13.8 Å². The van der Waals surface area contributed by atoms with Gasteiger partial charge < -0.3 is 4.42 Å². The largest absolute Gasteiger partial charge is 0.456 e. The Labute approximate surface area is 198 Å². The second kappa shape index (κ2) is 7.57. The van der Waals surface area contributed by atoms with Crippen molar-refractivity contribution in [3.05, 3.63) is 108 Å². The Hall–Kier alpha value is -4.42. The number of nitrogens with zero attached hydrogens (tertiary/aromatic N) is 2. The average Bonchev–Trinajstić information content (AvgIpc) is 3.23. The Morgan fingerprint density at radius 3 is 2.44 bits per heavy atom. The van der Waals surface area contributed by atoms with Gasteiger partial charge in [0.05, 0.1) is 12.1 Å². The standard InChI is InChI=1S/C31H23N2O/c1-19-9-16-27(33(4)18-19)28-20(2)10-13-25-29-26(32-3)15-14-24(30(29)34-31(25)28)23-12-11-21-7-5-6-8-22(21)17-23/h5-18H,1-2,4H3/q+1. The summed E-state index contributed by atoms with van der Waals surface area (Å²) in [5.74, 6) is 0. The molecule has 34 heavy (non-hydrogen) atoms. The Balaban J connectivity index is 1.71. The quantitative estimate of drug-likeness (QED) is 0.197. The Morgan fingerprint density at radius 1 is 0.824 bits per heavy atom. The lowest BCUT2D eigenvalue weighted by Gasteiger charge is -2.06. The van der Waals surface area contributed by atoms with Crippen LogP contribution in [0.2, 0.25) is 0 Å². The van der Waals surface area contributed by atoms with Gasteiger partial charge in [-0.05, 0) is 47.9 Å². The van der Waals surface area contributed by atoms with Gasteiger partial charge in [0, 0.05) is 28.0 Å². The molecule has 6 rings (SSSR count). The van der Waals surface area contributed by atoms with Crippen molar-refractivity contribution in [2.75, 3.05) is 0 Å². The molecule has 3 heteroatoms. The minimum atomic E-state index is 0.612. The number of pyridine rings is 1. The van der Waals surface area contributed by atoms with Gasteiger partial charge in [-0.25, -0.2) is 9.41 Å². The molecule has 0 N–H and O–H groups in total. The number of furan rings is 1. The van der Waals surface area contributed by atoms with E-state index in [4.69, 9.17) is 11.0 Å². The van der Waals surface area contributed by atoms with Crippen molar-refractivity contribution in [1.29, 1.82) is 0 Å². The van der Waals surface area contributed by atoms with Crippen LogP contribution in [0.5, 0.6) is 0 Å². The van der Waals surface area contributed by atoms with Crippen LogP contribution in [-0.4, -0.2) is 0 Å². The first kappa shape index (κ1) is 20.2. The molecule has 2 heterocycles. The van der Waals surface area contributed by atoms with E-state index >= 15 is 0 Å². The minimum Gasteiger partial charge on any atom is -0.456 e. The molecule has 6 aromatic rings. The molecule has 0 bridgehead atoms. The van der Waals surface area contributed by atoms with Crippen molar-refractivity contribution in [1.82, 2.24) is 0 Å². The van der Waals surface area contributed by atoms with Gasteiger partial charge in [0.15, 0.2) is 11.9 Å². The third kappa shape index (κ3) is 3.00. The van der Waals surface area contributed by atoms with E-state index in [0.29, 0.717) is 5.69 Å². The maximum atomic E-state index is 7.82. The van der Waals surface area contributed by atoms with Crippen LogP contribution in [0, 0.1) is 20.4 Å². The Bertz CT molecular complexity index is 1800. The minimum absolute atomic E-state index is 0.612. The molecule has 0 atom stereocenters. The molecule has 0 unspecified atom stereocenters. The summed E-state index contributed by atoms with van der Waals surface area (Å²) in [4.78, 5) is 3.84. The fraction of sp³-hybridized carbons (Fsp3) is 0.0968. The zero-order chi connectivity index (χ0) is 23.4. The number of benzene rings is 4. The first-order chi connectivity index (χ1) is 16.5. The molecule has 162 valence electrons. The van der Waals surface area contributed by atoms with E-state index in [1.54, 1.807) is 0 Å². The van der Waals surface area contributed by atoms with Gasteiger partial charge in [-0.1, -0.05) is 60.7 Å². The molecule has 0 saturated heterocycles. The molecule has 0 amide bonds. The summed E-state index contributed by atoms with van der Waals surface area (Å²) in [6.45, 7) is 12.0. The zero-order valence-corrected chi connectivity index (χ0v) is 19.4. The van der Waals surface area contributed by atoms with Crippen LogP contribution in [-0.2, 0) is 7.05 Å². The topological polar surface area (TPSA) is 21.4 Å². The van der Waals surface area contributed by atoms with Crippen molar-refractivity contribution in [3.8, 4) is 22.4 Å². The summed E-state index contributed by atoms with van der Waals surface area (Å²) in [7, 11) is 2.06. The van der Waals surface area contributed by atoms with Crippen molar-refractivity contribution >= 4 is 38.4 Å². The van der Waals surface area contributed by atoms with E-state index < -0.39 is 0 Å². The second-order valence-corrected chi connectivity index (χ2v) is 8.95. The van der Waals surface area contributed by atoms with Crippen LogP contribution < -0.4 is 4.57 Å². The molecule has 4 aromatic carbocycles. The molecule has 0 saturated carbocycles. The van der Waals surface area contributed by atoms with Crippen LogP contribution in [0.25, 0.3) is 59.9 Å². The fourth-order valence-corrected chi connectivity index (χ4v) is 5.03. The number of fused-ring (bicyclic) bond motifs is 4. The first-order valence-corrected chi connectivity index (χ1v) is 11.4. The summed E-state index contributed by atoms with van der Waals surface area (Å²) < 4.78 is 8.83. The molecule has 0 radical (unpaired) electrons. The lowest BCUT2D eigenvalue weighted by atomic mass is 9.97. The van der Waals surface area contributed by atoms with Gasteiger partial charge in [-0.3, -0.25) is 0 Å². The Kier molecular flexibility index (Phi) is 4.50. The molecule has 0 aliphatic heterocycles. The molecular formula is C31H23N2O+. The van der Waals surface area contributed by atoms with E-state index in [0.717, 1.165) is 49.9 Å². The monoisotopic (exact) mass is 439 g/mol. The second-order valence-electron chi connectivity index (χ2n) is 8.95. The smallest absolute Gasteiger partial charge is 0.216 e. The lowest BCUT2D eigenvalue weighted by molar-refractivity contribution is -0.660. The Morgan fingerprint density at radius 2 is 1.65 bits per heavy atom. The first-order valence-electron chi connectivity index (χ1n) is 11.4. The van der Waals surface area contributed by atoms with Crippen molar-refractivity contribution in [2.24, 2.45) is 7.05 Å². The fourth-order valence-electron chi connectivity index (χ4n) is 5.03. The highest BCUT2D eigenvalue weighted by Gasteiger charge is 2.23. The summed E-state index contributed by atoms with van der Waals surface area (Å²) in [6.07, 6.45) is 2.13. The van der Waals surface area contributed by atoms with E-state index in [-0.39, 0.29) is 0 Å². The van der Waals surface area contributed by atoms with Crippen molar-refractivity contribution in [3.63, 3.8) is 0 Å². The summed E-state index contributed by atoms with van der Waals surface area (Å²) in [5.41, 5.74) is 8.78. The van der Waals surface area contributed by atoms with Gasteiger partial charge in [-0.2, -0.15) is 0 Å². The van der Waals surface area contributed by atoms with Gasteiger partial charge in [-0.15, -0.1) is 0 Å². The molecular weight excluding hydrogens is 416 g/mol.